The van der Waals surface area contributed by atoms with Crippen molar-refractivity contribution in [3.8, 4) is 5.88 Å². The number of nitrogens with zero attached hydrogens (tertiary/aromatic N) is 4. The molecule has 1 N–H and O–H groups in total. The van der Waals surface area contributed by atoms with Gasteiger partial charge in [-0.3, -0.25) is 14.3 Å². The van der Waals surface area contributed by atoms with Gasteiger partial charge < -0.3 is 9.84 Å². The second kappa shape index (κ2) is 8.07. The molecule has 7 nitrogen and oxygen atoms in total. The van der Waals surface area contributed by atoms with Gasteiger partial charge in [0.15, 0.2) is 0 Å². The molecule has 1 fully saturated rings. The van der Waals surface area contributed by atoms with Gasteiger partial charge in [0.2, 0.25) is 5.88 Å². The van der Waals surface area contributed by atoms with Crippen LogP contribution in [0.25, 0.3) is 21.8 Å². The van der Waals surface area contributed by atoms with E-state index in [1.807, 2.05) is 30.3 Å². The summed E-state index contributed by atoms with van der Waals surface area (Å²) in [7, 11) is 1.59. The summed E-state index contributed by atoms with van der Waals surface area (Å²) >= 11 is 0. The van der Waals surface area contributed by atoms with Gasteiger partial charge >= 0.3 is 0 Å². The summed E-state index contributed by atoms with van der Waals surface area (Å²) in [6.45, 7) is 0. The summed E-state index contributed by atoms with van der Waals surface area (Å²) in [6, 6.07) is 9.27. The molecule has 0 bridgehead atoms. The maximum absolute atomic E-state index is 13.5. The van der Waals surface area contributed by atoms with Crippen molar-refractivity contribution in [3.63, 3.8) is 0 Å². The molecule has 0 unspecified atom stereocenters. The molecule has 1 aliphatic carbocycles. The fourth-order valence-electron chi connectivity index (χ4n) is 4.57. The van der Waals surface area contributed by atoms with Crippen LogP contribution in [-0.4, -0.2) is 37.8 Å². The van der Waals surface area contributed by atoms with Crippen molar-refractivity contribution >= 4 is 21.8 Å². The standard InChI is InChI=1S/C24H24N4O3/c1-31-21-9-8-15(13-26-21)11-16-12-18-23(17-5-4-10-25-22(16)17)27-14-28(24(18)30)19-6-2-3-7-20(19)29/h4-5,8-10,12-14,19-20,29H,2-3,6-7,11H2,1H3/t19-,20-/m0/s1. The van der Waals surface area contributed by atoms with E-state index in [0.717, 1.165) is 41.3 Å². The maximum atomic E-state index is 13.5. The van der Waals surface area contributed by atoms with Gasteiger partial charge in [-0.15, -0.1) is 0 Å². The monoisotopic (exact) mass is 416 g/mol. The normalized spacial score (nSPS) is 19.0. The zero-order valence-corrected chi connectivity index (χ0v) is 17.4. The molecule has 4 aromatic rings. The fraction of sp³-hybridized carbons (Fsp3) is 0.333. The van der Waals surface area contributed by atoms with Gasteiger partial charge in [0.25, 0.3) is 5.56 Å². The second-order valence-electron chi connectivity index (χ2n) is 8.09. The van der Waals surface area contributed by atoms with Crippen molar-refractivity contribution < 1.29 is 9.84 Å². The lowest BCUT2D eigenvalue weighted by molar-refractivity contribution is 0.0735. The van der Waals surface area contributed by atoms with Crippen molar-refractivity contribution in [2.45, 2.75) is 44.2 Å². The average molecular weight is 416 g/mol. The Balaban J connectivity index is 1.67. The highest BCUT2D eigenvalue weighted by Gasteiger charge is 2.26. The summed E-state index contributed by atoms with van der Waals surface area (Å²) < 4.78 is 6.76. The van der Waals surface area contributed by atoms with Gasteiger partial charge in [0, 0.05) is 30.3 Å². The zero-order valence-electron chi connectivity index (χ0n) is 17.4. The first-order valence-corrected chi connectivity index (χ1v) is 10.6. The molecule has 31 heavy (non-hydrogen) atoms. The number of aliphatic hydroxyl groups excluding tert-OH is 1. The summed E-state index contributed by atoms with van der Waals surface area (Å²) in [5, 5.41) is 11.9. The molecule has 0 radical (unpaired) electrons. The van der Waals surface area contributed by atoms with Crippen LogP contribution in [0.4, 0.5) is 0 Å². The number of fused-ring (bicyclic) bond motifs is 3. The van der Waals surface area contributed by atoms with Crippen LogP contribution < -0.4 is 10.3 Å². The van der Waals surface area contributed by atoms with E-state index in [0.29, 0.717) is 29.6 Å². The number of aromatic nitrogens is 4. The molecule has 0 aliphatic heterocycles. The minimum absolute atomic E-state index is 0.115. The molecule has 0 amide bonds. The van der Waals surface area contributed by atoms with Crippen molar-refractivity contribution in [2.24, 2.45) is 0 Å². The Labute approximate surface area is 179 Å². The Morgan fingerprint density at radius 1 is 1.10 bits per heavy atom. The molecule has 1 aromatic carbocycles. The Morgan fingerprint density at radius 2 is 1.97 bits per heavy atom. The van der Waals surface area contributed by atoms with Crippen LogP contribution in [0.5, 0.6) is 5.88 Å². The largest absolute Gasteiger partial charge is 0.481 e. The third kappa shape index (κ3) is 3.55. The predicted molar refractivity (Wildman–Crippen MR) is 118 cm³/mol. The lowest BCUT2D eigenvalue weighted by atomic mass is 9.92. The summed E-state index contributed by atoms with van der Waals surface area (Å²) in [6.07, 6.45) is 8.68. The molecule has 5 rings (SSSR count). The molecule has 0 spiro atoms. The minimum Gasteiger partial charge on any atom is -0.481 e. The second-order valence-corrected chi connectivity index (χ2v) is 8.09. The van der Waals surface area contributed by atoms with E-state index in [2.05, 4.69) is 15.0 Å². The van der Waals surface area contributed by atoms with Crippen LogP contribution in [0.1, 0.15) is 42.9 Å². The van der Waals surface area contributed by atoms with Crippen LogP contribution in [0.3, 0.4) is 0 Å². The fourth-order valence-corrected chi connectivity index (χ4v) is 4.57. The Morgan fingerprint density at radius 3 is 2.74 bits per heavy atom. The van der Waals surface area contributed by atoms with Crippen LogP contribution >= 0.6 is 0 Å². The molecule has 7 heteroatoms. The van der Waals surface area contributed by atoms with Gasteiger partial charge in [-0.2, -0.15) is 0 Å². The van der Waals surface area contributed by atoms with Gasteiger partial charge in [-0.05, 0) is 42.2 Å². The lowest BCUT2D eigenvalue weighted by Crippen LogP contribution is -2.34. The molecular formula is C24H24N4O3. The number of benzene rings is 1. The van der Waals surface area contributed by atoms with Crippen LogP contribution in [0, 0.1) is 0 Å². The Bertz CT molecular complexity index is 1300. The van der Waals surface area contributed by atoms with E-state index in [-0.39, 0.29) is 11.6 Å². The topological polar surface area (TPSA) is 90.1 Å². The average Bonchev–Trinajstić information content (AvgIpc) is 2.81. The molecule has 2 atom stereocenters. The number of hydrogen-bond acceptors (Lipinski definition) is 6. The molecular weight excluding hydrogens is 392 g/mol. The molecule has 0 saturated heterocycles. The number of pyridine rings is 2. The number of rotatable bonds is 4. The van der Waals surface area contributed by atoms with Crippen molar-refractivity contribution in [1.29, 1.82) is 0 Å². The molecule has 1 saturated carbocycles. The zero-order chi connectivity index (χ0) is 21.4. The highest BCUT2D eigenvalue weighted by atomic mass is 16.5. The van der Waals surface area contributed by atoms with Crippen LogP contribution in [0.2, 0.25) is 0 Å². The highest BCUT2D eigenvalue weighted by Crippen LogP contribution is 2.30. The smallest absolute Gasteiger partial charge is 0.261 e. The SMILES string of the molecule is COc1ccc(Cc2cc3c(=O)n([C@H]4CCCC[C@@H]4O)cnc3c3cccnc23)cn1. The van der Waals surface area contributed by atoms with E-state index >= 15 is 0 Å². The first kappa shape index (κ1) is 19.6. The van der Waals surface area contributed by atoms with Crippen molar-refractivity contribution in [2.75, 3.05) is 7.11 Å². The molecule has 3 heterocycles. The number of ether oxygens (including phenoxy) is 1. The summed E-state index contributed by atoms with van der Waals surface area (Å²) in [4.78, 5) is 27.0. The number of aliphatic hydroxyl groups is 1. The van der Waals surface area contributed by atoms with Crippen LogP contribution in [0.15, 0.2) is 53.8 Å². The molecule has 158 valence electrons. The predicted octanol–water partition coefficient (Wildman–Crippen LogP) is 3.42. The van der Waals surface area contributed by atoms with E-state index in [1.165, 1.54) is 0 Å². The van der Waals surface area contributed by atoms with Crippen molar-refractivity contribution in [3.05, 3.63) is 70.5 Å². The maximum Gasteiger partial charge on any atom is 0.261 e. The van der Waals surface area contributed by atoms with Gasteiger partial charge in [0.05, 0.1) is 42.0 Å². The van der Waals surface area contributed by atoms with E-state index in [9.17, 15) is 9.90 Å². The van der Waals surface area contributed by atoms with Gasteiger partial charge in [0.1, 0.15) is 0 Å². The van der Waals surface area contributed by atoms with E-state index < -0.39 is 6.10 Å². The van der Waals surface area contributed by atoms with E-state index in [4.69, 9.17) is 4.74 Å². The van der Waals surface area contributed by atoms with Gasteiger partial charge in [-0.1, -0.05) is 18.9 Å². The Kier molecular flexibility index (Phi) is 5.11. The number of hydrogen-bond donors (Lipinski definition) is 1. The third-order valence-corrected chi connectivity index (χ3v) is 6.17. The first-order valence-electron chi connectivity index (χ1n) is 10.6. The van der Waals surface area contributed by atoms with Crippen LogP contribution in [-0.2, 0) is 6.42 Å². The molecule has 3 aromatic heterocycles. The Hall–Kier alpha value is -3.32. The molecule has 1 aliphatic rings. The summed E-state index contributed by atoms with van der Waals surface area (Å²) in [5.41, 5.74) is 3.30. The third-order valence-electron chi connectivity index (χ3n) is 6.17. The lowest BCUT2D eigenvalue weighted by Gasteiger charge is -2.29. The summed E-state index contributed by atoms with van der Waals surface area (Å²) in [5.74, 6) is 0.559. The minimum atomic E-state index is -0.516. The first-order chi connectivity index (χ1) is 15.2. The quantitative estimate of drug-likeness (QED) is 0.513. The van der Waals surface area contributed by atoms with E-state index in [1.54, 1.807) is 30.4 Å². The highest BCUT2D eigenvalue weighted by molar-refractivity contribution is 6.04. The number of methoxy groups -OCH3 is 1. The van der Waals surface area contributed by atoms with Gasteiger partial charge in [-0.25, -0.2) is 9.97 Å². The van der Waals surface area contributed by atoms with Crippen molar-refractivity contribution in [1.82, 2.24) is 19.5 Å².